The standard InChI is InChI=1S/C14H12N6O4S/c1-2-24-13(21)7-3-4-8-9(5-7)25-14(18-8)19-12-10(20(22)23)11(15)16-6-17-12/h3-6H,2H2,1H3,(H3,15,16,17,18,19). The van der Waals surface area contributed by atoms with E-state index in [2.05, 4.69) is 20.3 Å². The van der Waals surface area contributed by atoms with E-state index >= 15 is 0 Å². The lowest BCUT2D eigenvalue weighted by Crippen LogP contribution is -2.04. The van der Waals surface area contributed by atoms with Crippen LogP contribution in [0.2, 0.25) is 0 Å². The predicted molar refractivity (Wildman–Crippen MR) is 92.0 cm³/mol. The van der Waals surface area contributed by atoms with E-state index in [1.165, 1.54) is 11.3 Å². The lowest BCUT2D eigenvalue weighted by molar-refractivity contribution is -0.383. The summed E-state index contributed by atoms with van der Waals surface area (Å²) in [7, 11) is 0. The number of anilines is 3. The second kappa shape index (κ2) is 6.65. The largest absolute Gasteiger partial charge is 0.462 e. The minimum atomic E-state index is -0.663. The molecular weight excluding hydrogens is 348 g/mol. The Morgan fingerprint density at radius 3 is 2.96 bits per heavy atom. The first-order valence-corrected chi connectivity index (χ1v) is 7.91. The molecule has 0 aliphatic carbocycles. The van der Waals surface area contributed by atoms with Crippen LogP contribution >= 0.6 is 11.3 Å². The fourth-order valence-electron chi connectivity index (χ4n) is 2.08. The first-order valence-electron chi connectivity index (χ1n) is 7.09. The molecule has 0 aliphatic rings. The average Bonchev–Trinajstić information content (AvgIpc) is 2.96. The van der Waals surface area contributed by atoms with E-state index in [-0.39, 0.29) is 18.2 Å². The van der Waals surface area contributed by atoms with Crippen LogP contribution in [0.5, 0.6) is 0 Å². The van der Waals surface area contributed by atoms with Gasteiger partial charge in [0.2, 0.25) is 11.6 Å². The molecule has 0 radical (unpaired) electrons. The third-order valence-corrected chi connectivity index (χ3v) is 4.09. The summed E-state index contributed by atoms with van der Waals surface area (Å²) in [6, 6.07) is 4.93. The Labute approximate surface area is 144 Å². The Balaban J connectivity index is 1.94. The van der Waals surface area contributed by atoms with Crippen LogP contribution in [0.1, 0.15) is 17.3 Å². The van der Waals surface area contributed by atoms with E-state index in [9.17, 15) is 14.9 Å². The van der Waals surface area contributed by atoms with Gasteiger partial charge in [0.25, 0.3) is 0 Å². The zero-order valence-corrected chi connectivity index (χ0v) is 13.7. The minimum absolute atomic E-state index is 0.0535. The monoisotopic (exact) mass is 360 g/mol. The summed E-state index contributed by atoms with van der Waals surface area (Å²) in [5, 5.41) is 14.3. The average molecular weight is 360 g/mol. The number of aromatic nitrogens is 3. The van der Waals surface area contributed by atoms with Gasteiger partial charge in [-0.05, 0) is 25.1 Å². The van der Waals surface area contributed by atoms with E-state index in [1.54, 1.807) is 25.1 Å². The summed E-state index contributed by atoms with van der Waals surface area (Å²) < 4.78 is 5.68. The molecule has 0 fully saturated rings. The number of benzene rings is 1. The molecule has 25 heavy (non-hydrogen) atoms. The van der Waals surface area contributed by atoms with Crippen molar-refractivity contribution in [1.82, 2.24) is 15.0 Å². The molecule has 0 bridgehead atoms. The molecule has 1 aromatic carbocycles. The van der Waals surface area contributed by atoms with Crippen molar-refractivity contribution in [3.8, 4) is 0 Å². The minimum Gasteiger partial charge on any atom is -0.462 e. The number of rotatable bonds is 5. The third kappa shape index (κ3) is 3.30. The Hall–Kier alpha value is -3.34. The number of nitrogens with one attached hydrogen (secondary N) is 1. The Morgan fingerprint density at radius 1 is 1.44 bits per heavy atom. The van der Waals surface area contributed by atoms with E-state index in [0.717, 1.165) is 11.0 Å². The fourth-order valence-corrected chi connectivity index (χ4v) is 2.99. The first-order chi connectivity index (χ1) is 12.0. The SMILES string of the molecule is CCOC(=O)c1ccc2nc(Nc3ncnc(N)c3[N+](=O)[O-])sc2c1. The lowest BCUT2D eigenvalue weighted by Gasteiger charge is -2.03. The normalized spacial score (nSPS) is 10.6. The number of nitrogens with zero attached hydrogens (tertiary/aromatic N) is 4. The summed E-state index contributed by atoms with van der Waals surface area (Å²) in [6.45, 7) is 2.01. The Kier molecular flexibility index (Phi) is 4.39. The molecule has 0 atom stereocenters. The molecule has 0 aliphatic heterocycles. The van der Waals surface area contributed by atoms with Gasteiger partial charge in [0.05, 0.1) is 27.3 Å². The molecule has 3 rings (SSSR count). The van der Waals surface area contributed by atoms with Crippen LogP contribution in [0.4, 0.5) is 22.5 Å². The van der Waals surface area contributed by atoms with Gasteiger partial charge in [0.15, 0.2) is 5.13 Å². The Morgan fingerprint density at radius 2 is 2.24 bits per heavy atom. The number of nitro groups is 1. The number of hydrogen-bond donors (Lipinski definition) is 2. The van der Waals surface area contributed by atoms with E-state index in [0.29, 0.717) is 16.2 Å². The van der Waals surface area contributed by atoms with Crippen LogP contribution in [0, 0.1) is 10.1 Å². The van der Waals surface area contributed by atoms with Gasteiger partial charge in [-0.1, -0.05) is 11.3 Å². The van der Waals surface area contributed by atoms with Crippen LogP contribution in [0.25, 0.3) is 10.2 Å². The van der Waals surface area contributed by atoms with E-state index in [1.807, 2.05) is 0 Å². The quantitative estimate of drug-likeness (QED) is 0.398. The number of carbonyl (C=O) groups is 1. The van der Waals surface area contributed by atoms with Crippen molar-refractivity contribution >= 4 is 50.0 Å². The molecule has 3 aromatic rings. The van der Waals surface area contributed by atoms with E-state index in [4.69, 9.17) is 10.5 Å². The molecule has 128 valence electrons. The number of ether oxygens (including phenoxy) is 1. The number of carbonyl (C=O) groups excluding carboxylic acids is 1. The molecule has 0 amide bonds. The van der Waals surface area contributed by atoms with Crippen molar-refractivity contribution in [3.63, 3.8) is 0 Å². The predicted octanol–water partition coefficient (Wildman–Crippen LogP) is 2.50. The lowest BCUT2D eigenvalue weighted by atomic mass is 10.2. The number of nitrogen functional groups attached to an aromatic ring is 1. The van der Waals surface area contributed by atoms with Gasteiger partial charge in [-0.2, -0.15) is 0 Å². The van der Waals surface area contributed by atoms with Crippen molar-refractivity contribution in [3.05, 3.63) is 40.2 Å². The van der Waals surface area contributed by atoms with Gasteiger partial charge in [0.1, 0.15) is 6.33 Å². The molecule has 0 unspecified atom stereocenters. The van der Waals surface area contributed by atoms with Crippen molar-refractivity contribution in [1.29, 1.82) is 0 Å². The van der Waals surface area contributed by atoms with Crippen molar-refractivity contribution in [2.24, 2.45) is 0 Å². The number of thiazole rings is 1. The van der Waals surface area contributed by atoms with Gasteiger partial charge >= 0.3 is 11.7 Å². The van der Waals surface area contributed by atoms with Gasteiger partial charge in [-0.15, -0.1) is 0 Å². The number of hydrogen-bond acceptors (Lipinski definition) is 10. The smallest absolute Gasteiger partial charge is 0.353 e. The number of esters is 1. The van der Waals surface area contributed by atoms with Crippen molar-refractivity contribution < 1.29 is 14.5 Å². The maximum absolute atomic E-state index is 11.8. The molecule has 11 heteroatoms. The number of fused-ring (bicyclic) bond motifs is 1. The second-order valence-corrected chi connectivity index (χ2v) is 5.79. The molecular formula is C14H12N6O4S. The fraction of sp³-hybridized carbons (Fsp3) is 0.143. The highest BCUT2D eigenvalue weighted by molar-refractivity contribution is 7.22. The summed E-state index contributed by atoms with van der Waals surface area (Å²) >= 11 is 1.21. The maximum atomic E-state index is 11.8. The summed E-state index contributed by atoms with van der Waals surface area (Å²) in [6.07, 6.45) is 1.12. The maximum Gasteiger partial charge on any atom is 0.353 e. The third-order valence-electron chi connectivity index (χ3n) is 3.16. The molecule has 0 spiro atoms. The topological polar surface area (TPSA) is 146 Å². The van der Waals surface area contributed by atoms with Crippen molar-refractivity contribution in [2.75, 3.05) is 17.7 Å². The summed E-state index contributed by atoms with van der Waals surface area (Å²) in [5.74, 6) is -0.720. The van der Waals surface area contributed by atoms with E-state index < -0.39 is 16.6 Å². The van der Waals surface area contributed by atoms with Crippen LogP contribution in [0.3, 0.4) is 0 Å². The number of nitrogens with two attached hydrogens (primary N) is 1. The highest BCUT2D eigenvalue weighted by Crippen LogP contribution is 2.33. The van der Waals surface area contributed by atoms with Gasteiger partial charge in [-0.25, -0.2) is 19.7 Å². The zero-order chi connectivity index (χ0) is 18.0. The van der Waals surface area contributed by atoms with Crippen LogP contribution in [0.15, 0.2) is 24.5 Å². The van der Waals surface area contributed by atoms with Gasteiger partial charge in [-0.3, -0.25) is 10.1 Å². The highest BCUT2D eigenvalue weighted by Gasteiger charge is 2.22. The van der Waals surface area contributed by atoms with Crippen LogP contribution in [-0.2, 0) is 4.74 Å². The molecule has 0 saturated carbocycles. The molecule has 0 saturated heterocycles. The van der Waals surface area contributed by atoms with Gasteiger partial charge < -0.3 is 15.8 Å². The summed E-state index contributed by atoms with van der Waals surface area (Å²) in [4.78, 5) is 34.0. The second-order valence-electron chi connectivity index (χ2n) is 4.76. The van der Waals surface area contributed by atoms with Crippen molar-refractivity contribution in [2.45, 2.75) is 6.92 Å². The molecule has 10 nitrogen and oxygen atoms in total. The summed E-state index contributed by atoms with van der Waals surface area (Å²) in [5.41, 5.74) is 6.14. The van der Waals surface area contributed by atoms with Gasteiger partial charge in [0, 0.05) is 0 Å². The highest BCUT2D eigenvalue weighted by atomic mass is 32.1. The zero-order valence-electron chi connectivity index (χ0n) is 12.9. The molecule has 2 aromatic heterocycles. The first kappa shape index (κ1) is 16.5. The molecule has 3 N–H and O–H groups in total. The Bertz CT molecular complexity index is 973. The van der Waals surface area contributed by atoms with Crippen LogP contribution < -0.4 is 11.1 Å². The molecule has 2 heterocycles. The van der Waals surface area contributed by atoms with Crippen LogP contribution in [-0.4, -0.2) is 32.5 Å².